The molecular weight excluding hydrogens is 373 g/mol. The average molecular weight is 406 g/mol. The van der Waals surface area contributed by atoms with Crippen LogP contribution in [-0.4, -0.2) is 62.1 Å². The number of amides is 2. The number of hydrogen-bond donors (Lipinski definition) is 1. The lowest BCUT2D eigenvalue weighted by Gasteiger charge is -2.36. The number of carbonyl (C=O) groups excluding carboxylic acids is 2. The normalized spacial score (nSPS) is 25.0. The van der Waals surface area contributed by atoms with Gasteiger partial charge in [-0.2, -0.15) is 0 Å². The van der Waals surface area contributed by atoms with E-state index in [9.17, 15) is 14.0 Å². The molecule has 1 saturated heterocycles. The van der Waals surface area contributed by atoms with Gasteiger partial charge in [0.05, 0.1) is 5.69 Å². The van der Waals surface area contributed by atoms with E-state index in [1.54, 1.807) is 17.0 Å². The van der Waals surface area contributed by atoms with Crippen molar-refractivity contribution >= 4 is 17.5 Å². The molecule has 160 valence electrons. The highest BCUT2D eigenvalue weighted by Gasteiger charge is 2.28. The highest BCUT2D eigenvalue weighted by Crippen LogP contribution is 2.29. The molecule has 1 aromatic carbocycles. The molecule has 1 N–H and O–H groups in total. The maximum atomic E-state index is 13.9. The monoisotopic (exact) mass is 405 g/mol. The Morgan fingerprint density at radius 3 is 2.55 bits per heavy atom. The summed E-state index contributed by atoms with van der Waals surface area (Å²) >= 11 is 0. The van der Waals surface area contributed by atoms with E-state index >= 15 is 0 Å². The second kappa shape index (κ2) is 10.1. The summed E-state index contributed by atoms with van der Waals surface area (Å²) in [5.74, 6) is 0.529. The van der Waals surface area contributed by atoms with Gasteiger partial charge in [-0.25, -0.2) is 4.39 Å². The Morgan fingerprint density at radius 2 is 1.83 bits per heavy atom. The first kappa shape index (κ1) is 21.6. The predicted molar refractivity (Wildman–Crippen MR) is 110 cm³/mol. The second-order valence-corrected chi connectivity index (χ2v) is 8.25. The van der Waals surface area contributed by atoms with Crippen molar-refractivity contribution in [2.24, 2.45) is 11.8 Å². The van der Waals surface area contributed by atoms with Crippen molar-refractivity contribution in [2.75, 3.05) is 44.3 Å². The number of benzene rings is 1. The lowest BCUT2D eigenvalue weighted by atomic mass is 9.78. The first-order chi connectivity index (χ1) is 14.0. The second-order valence-electron chi connectivity index (χ2n) is 8.25. The van der Waals surface area contributed by atoms with E-state index in [-0.39, 0.29) is 36.9 Å². The van der Waals surface area contributed by atoms with Crippen LogP contribution in [0.4, 0.5) is 10.1 Å². The third kappa shape index (κ3) is 5.69. The van der Waals surface area contributed by atoms with Gasteiger partial charge in [0.2, 0.25) is 11.8 Å². The van der Waals surface area contributed by atoms with Crippen molar-refractivity contribution in [2.45, 2.75) is 39.2 Å². The lowest BCUT2D eigenvalue weighted by molar-refractivity contribution is -0.138. The van der Waals surface area contributed by atoms with Crippen LogP contribution in [0, 0.1) is 17.7 Å². The summed E-state index contributed by atoms with van der Waals surface area (Å²) in [5.41, 5.74) is 0.568. The van der Waals surface area contributed by atoms with Crippen LogP contribution in [0.3, 0.4) is 0 Å². The van der Waals surface area contributed by atoms with Crippen LogP contribution in [0.25, 0.3) is 0 Å². The third-order valence-electron chi connectivity index (χ3n) is 6.34. The number of ether oxygens (including phenoxy) is 1. The Morgan fingerprint density at radius 1 is 1.10 bits per heavy atom. The largest absolute Gasteiger partial charge is 0.366 e. The minimum Gasteiger partial charge on any atom is -0.366 e. The molecule has 1 heterocycles. The lowest BCUT2D eigenvalue weighted by Crippen LogP contribution is -2.50. The topological polar surface area (TPSA) is 61.9 Å². The Bertz CT molecular complexity index is 706. The number of hydrogen-bond acceptors (Lipinski definition) is 4. The minimum absolute atomic E-state index is 0.0987. The van der Waals surface area contributed by atoms with Crippen molar-refractivity contribution in [1.82, 2.24) is 10.2 Å². The molecule has 1 saturated carbocycles. The van der Waals surface area contributed by atoms with Crippen LogP contribution in [0.1, 0.15) is 33.1 Å². The quantitative estimate of drug-likeness (QED) is 0.790. The number of nitrogens with zero attached hydrogens (tertiary/aromatic N) is 2. The fraction of sp³-hybridized carbons (Fsp3) is 0.636. The highest BCUT2D eigenvalue weighted by molar-refractivity contribution is 5.80. The summed E-state index contributed by atoms with van der Waals surface area (Å²) in [6, 6.07) is 6.87. The van der Waals surface area contributed by atoms with Crippen molar-refractivity contribution in [3.8, 4) is 0 Å². The molecule has 1 aromatic rings. The van der Waals surface area contributed by atoms with Crippen LogP contribution in [0.15, 0.2) is 24.3 Å². The van der Waals surface area contributed by atoms with E-state index in [1.807, 2.05) is 11.0 Å². The van der Waals surface area contributed by atoms with Crippen molar-refractivity contribution in [1.29, 1.82) is 0 Å². The van der Waals surface area contributed by atoms with Crippen molar-refractivity contribution < 1.29 is 18.7 Å². The Labute approximate surface area is 172 Å². The first-order valence-electron chi connectivity index (χ1n) is 10.6. The van der Waals surface area contributed by atoms with Gasteiger partial charge >= 0.3 is 0 Å². The molecule has 1 aliphatic heterocycles. The Kier molecular flexibility index (Phi) is 7.47. The van der Waals surface area contributed by atoms with Crippen LogP contribution in [0.5, 0.6) is 0 Å². The summed E-state index contributed by atoms with van der Waals surface area (Å²) < 4.78 is 19.3. The fourth-order valence-corrected chi connectivity index (χ4v) is 4.26. The zero-order chi connectivity index (χ0) is 20.8. The number of piperazine rings is 1. The molecule has 1 aliphatic carbocycles. The maximum Gasteiger partial charge on any atom is 0.248 e. The average Bonchev–Trinajstić information content (AvgIpc) is 2.72. The molecular formula is C22H32FN3O3. The molecule has 2 amide bonds. The molecule has 6 nitrogen and oxygen atoms in total. The summed E-state index contributed by atoms with van der Waals surface area (Å²) in [6.07, 6.45) is 3.35. The summed E-state index contributed by atoms with van der Waals surface area (Å²) in [7, 11) is 0. The molecule has 2 aliphatic rings. The van der Waals surface area contributed by atoms with Gasteiger partial charge in [-0.05, 0) is 30.4 Å². The van der Waals surface area contributed by atoms with Crippen LogP contribution < -0.4 is 10.2 Å². The Hall–Kier alpha value is -2.15. The summed E-state index contributed by atoms with van der Waals surface area (Å²) in [5, 5.41) is 3.05. The zero-order valence-electron chi connectivity index (χ0n) is 17.4. The first-order valence-corrected chi connectivity index (χ1v) is 10.6. The fourth-order valence-electron chi connectivity index (χ4n) is 4.26. The minimum atomic E-state index is -0.247. The van der Waals surface area contributed by atoms with Gasteiger partial charge in [-0.15, -0.1) is 0 Å². The van der Waals surface area contributed by atoms with E-state index in [0.717, 1.165) is 12.8 Å². The maximum absolute atomic E-state index is 13.9. The third-order valence-corrected chi connectivity index (χ3v) is 6.34. The molecule has 0 radical (unpaired) electrons. The standard InChI is InChI=1S/C22H32FN3O3/c1-16-6-5-8-19(17(16)2)24-21(27)14-29-15-22(28)26-12-10-25(11-13-26)20-9-4-3-7-18(20)23/h3-4,7,9,16-17,19H,5-6,8,10-15H2,1-2H3,(H,24,27)/t16-,17+,19+/m1/s1. The van der Waals surface area contributed by atoms with Crippen LogP contribution in [-0.2, 0) is 14.3 Å². The van der Waals surface area contributed by atoms with E-state index in [0.29, 0.717) is 43.7 Å². The van der Waals surface area contributed by atoms with E-state index in [4.69, 9.17) is 4.74 Å². The van der Waals surface area contributed by atoms with E-state index in [2.05, 4.69) is 19.2 Å². The van der Waals surface area contributed by atoms with Crippen LogP contribution >= 0.6 is 0 Å². The molecule has 0 aromatic heterocycles. The van der Waals surface area contributed by atoms with Gasteiger partial charge in [-0.1, -0.05) is 38.8 Å². The van der Waals surface area contributed by atoms with Gasteiger partial charge in [0, 0.05) is 32.2 Å². The Balaban J connectivity index is 1.36. The number of para-hydroxylation sites is 1. The number of nitrogens with one attached hydrogen (secondary N) is 1. The number of anilines is 1. The summed E-state index contributed by atoms with van der Waals surface area (Å²) in [6.45, 7) is 6.38. The molecule has 29 heavy (non-hydrogen) atoms. The summed E-state index contributed by atoms with van der Waals surface area (Å²) in [4.78, 5) is 28.2. The molecule has 3 atom stereocenters. The highest BCUT2D eigenvalue weighted by atomic mass is 19.1. The number of halogens is 1. The predicted octanol–water partition coefficient (Wildman–Crippen LogP) is 2.43. The van der Waals surface area contributed by atoms with Gasteiger partial charge in [0.1, 0.15) is 19.0 Å². The van der Waals surface area contributed by atoms with E-state index in [1.165, 1.54) is 12.5 Å². The van der Waals surface area contributed by atoms with Gasteiger partial charge in [-0.3, -0.25) is 9.59 Å². The van der Waals surface area contributed by atoms with Crippen molar-refractivity contribution in [3.63, 3.8) is 0 Å². The van der Waals surface area contributed by atoms with E-state index < -0.39 is 0 Å². The molecule has 2 fully saturated rings. The molecule has 0 unspecified atom stereocenters. The smallest absolute Gasteiger partial charge is 0.248 e. The number of carbonyl (C=O) groups is 2. The van der Waals surface area contributed by atoms with Gasteiger partial charge < -0.3 is 19.9 Å². The SMILES string of the molecule is C[C@H]1[C@H](C)CCC[C@@H]1NC(=O)COCC(=O)N1CCN(c2ccccc2F)CC1. The van der Waals surface area contributed by atoms with Gasteiger partial charge in [0.15, 0.2) is 0 Å². The molecule has 7 heteroatoms. The molecule has 3 rings (SSSR count). The molecule has 0 bridgehead atoms. The van der Waals surface area contributed by atoms with Crippen molar-refractivity contribution in [3.05, 3.63) is 30.1 Å². The molecule has 0 spiro atoms. The van der Waals surface area contributed by atoms with Crippen LogP contribution in [0.2, 0.25) is 0 Å². The number of rotatable bonds is 6. The van der Waals surface area contributed by atoms with Gasteiger partial charge in [0.25, 0.3) is 0 Å². The zero-order valence-corrected chi connectivity index (χ0v) is 17.4.